The first-order valence-electron chi connectivity index (χ1n) is 27.9. The Morgan fingerprint density at radius 2 is 0.872 bits per heavy atom. The molecule has 0 amide bonds. The summed E-state index contributed by atoms with van der Waals surface area (Å²) in [7, 11) is 0. The first-order chi connectivity index (χ1) is 35.0. The lowest BCUT2D eigenvalue weighted by Crippen LogP contribution is -1.91. The average Bonchev–Trinajstić information content (AvgIpc) is 3.78. The second-order valence-electron chi connectivity index (χ2n) is 10.3. The molecule has 1 nitrogen and oxygen atoms in total. The van der Waals surface area contributed by atoms with E-state index in [9.17, 15) is 12.3 Å². The maximum Gasteiger partial charge on any atom is 0.136 e. The normalized spacial score (nSPS) is 20.2. The molecule has 1 aromatic heterocycles. The fourth-order valence-electron chi connectivity index (χ4n) is 5.82. The summed E-state index contributed by atoms with van der Waals surface area (Å²) in [5, 5.41) is -6.45. The fraction of sp³-hybridized carbons (Fsp3) is 0. The lowest BCUT2D eigenvalue weighted by Gasteiger charge is -2.19. The molecule has 218 valence electrons. The molecule has 0 saturated heterocycles. The van der Waals surface area contributed by atoms with Gasteiger partial charge in [-0.05, 0) is 101 Å². The summed E-state index contributed by atoms with van der Waals surface area (Å²) in [6.45, 7) is 0. The summed E-state index contributed by atoms with van der Waals surface area (Å²) in [6, 6.07) is -26.2. The van der Waals surface area contributed by atoms with E-state index in [0.717, 1.165) is 0 Å². The van der Waals surface area contributed by atoms with E-state index in [1.807, 2.05) is 0 Å². The molecule has 0 spiro atoms. The smallest absolute Gasteiger partial charge is 0.136 e. The van der Waals surface area contributed by atoms with Crippen LogP contribution < -0.4 is 0 Å². The van der Waals surface area contributed by atoms with E-state index in [2.05, 4.69) is 0 Å². The molecule has 0 radical (unpaired) electrons. The third-order valence-electron chi connectivity index (χ3n) is 7.76. The molecule has 0 aliphatic carbocycles. The van der Waals surface area contributed by atoms with Crippen LogP contribution in [-0.2, 0) is 0 Å². The maximum atomic E-state index is 9.89. The third-order valence-corrected chi connectivity index (χ3v) is 7.76. The highest BCUT2D eigenvalue weighted by Crippen LogP contribution is 2.47. The molecule has 0 atom stereocenters. The van der Waals surface area contributed by atoms with E-state index < -0.39 is 268 Å². The van der Waals surface area contributed by atoms with Crippen LogP contribution in [0.2, 0.25) is 0 Å². The lowest BCUT2D eigenvalue weighted by molar-refractivity contribution is 0.669. The van der Waals surface area contributed by atoms with Gasteiger partial charge in [0.2, 0.25) is 0 Å². The fourth-order valence-corrected chi connectivity index (χ4v) is 5.82. The summed E-state index contributed by atoms with van der Waals surface area (Å²) in [5.74, 6) is 0. The van der Waals surface area contributed by atoms with Gasteiger partial charge in [-0.15, -0.1) is 0 Å². The van der Waals surface area contributed by atoms with Gasteiger partial charge in [0.05, 0.1) is 38.4 Å². The van der Waals surface area contributed by atoms with Crippen LogP contribution in [0.4, 0.5) is 0 Å². The number of hydrogen-bond acceptors (Lipinski definition) is 1. The third kappa shape index (κ3) is 3.97. The molecule has 0 aliphatic heterocycles. The van der Waals surface area contributed by atoms with Gasteiger partial charge in [-0.3, -0.25) is 0 Å². The highest BCUT2D eigenvalue weighted by molar-refractivity contribution is 6.26. The number of fused-ring (bicyclic) bond motifs is 7. The quantitative estimate of drug-likeness (QED) is 0.178. The zero-order valence-corrected chi connectivity index (χ0v) is 23.4. The van der Waals surface area contributed by atoms with Crippen LogP contribution in [0.5, 0.6) is 0 Å². The van der Waals surface area contributed by atoms with Crippen molar-refractivity contribution in [3.8, 4) is 33.4 Å². The van der Waals surface area contributed by atoms with Crippen molar-refractivity contribution in [2.45, 2.75) is 0 Å². The van der Waals surface area contributed by atoms with Gasteiger partial charge in [-0.1, -0.05) is 145 Å². The van der Waals surface area contributed by atoms with Crippen molar-refractivity contribution >= 4 is 65.0 Å². The van der Waals surface area contributed by atoms with Gasteiger partial charge in [0.1, 0.15) is 11.2 Å². The van der Waals surface area contributed by atoms with E-state index in [1.165, 1.54) is 0 Å². The molecule has 10 aromatic rings. The zero-order valence-electron chi connectivity index (χ0n) is 51.4. The van der Waals surface area contributed by atoms with Gasteiger partial charge in [0, 0.05) is 10.8 Å². The maximum absolute atomic E-state index is 9.89. The highest BCUT2D eigenvalue weighted by Gasteiger charge is 2.20. The molecule has 0 bridgehead atoms. The minimum Gasteiger partial charge on any atom is -0.456 e. The SMILES string of the molecule is [2H]c1c([2H])c(-c2c([2H])c([2H])c([2H])c3c([2H])c([2H])c([2H])c([2H])c23)c([2H])c(-c2c3c([2H])c([2H])c([2H])c([2H])c3c(-c3c([2H])c([2H])c([2H])c4oc5c([2H])c6c([2H])c([2H])c([2H])c([2H])c6c([2H])c5c34)c3c([2H])c([2H])c([2H])c([2H])c23)c1[2H]. The predicted octanol–water partition coefficient (Wildman–Crippen LogP) is 13.2. The standard InChI is InChI=1S/C46H28O/c1-2-14-31-28-43-41(27-30(31)13-1)46-40(24-11-25-42(46)47-43)45-38-21-7-5-19-36(38)44(37-20-6-8-22-39(37)45)33-17-9-16-32(26-33)35-23-10-15-29-12-3-4-18-34(29)35/h1-28H/i1D,2D,3D,4D,5D,6D,7D,8D,9D,10D,11D,12D,13D,14D,15D,16D,17D,18D,19D,20D,21D,22D,23D,24D,25D,26D,27D,28D. The Morgan fingerprint density at radius 3 is 1.62 bits per heavy atom. The summed E-state index contributed by atoms with van der Waals surface area (Å²) in [4.78, 5) is 0. The van der Waals surface area contributed by atoms with Crippen LogP contribution in [0.3, 0.4) is 0 Å². The van der Waals surface area contributed by atoms with Gasteiger partial charge in [-0.25, -0.2) is 0 Å². The molecule has 0 fully saturated rings. The minimum absolute atomic E-state index is 0.490. The first-order valence-corrected chi connectivity index (χ1v) is 13.9. The van der Waals surface area contributed by atoms with Crippen LogP contribution in [0.25, 0.3) is 98.4 Å². The largest absolute Gasteiger partial charge is 0.456 e. The monoisotopic (exact) mass is 624 g/mol. The van der Waals surface area contributed by atoms with E-state index >= 15 is 0 Å². The van der Waals surface area contributed by atoms with Crippen LogP contribution in [-0.4, -0.2) is 0 Å². The van der Waals surface area contributed by atoms with Crippen molar-refractivity contribution in [1.82, 2.24) is 0 Å². The van der Waals surface area contributed by atoms with Crippen LogP contribution in [0.15, 0.2) is 174 Å². The molecule has 1 heterocycles. The number of furan rings is 1. The van der Waals surface area contributed by atoms with Crippen LogP contribution >= 0.6 is 0 Å². The Labute approximate surface area is 311 Å². The van der Waals surface area contributed by atoms with Gasteiger partial charge in [0.25, 0.3) is 0 Å². The van der Waals surface area contributed by atoms with Crippen molar-refractivity contribution < 1.29 is 42.8 Å². The Balaban J connectivity index is 1.54. The second kappa shape index (κ2) is 10.2. The number of benzene rings is 9. The molecular weight excluding hydrogens is 569 g/mol. The van der Waals surface area contributed by atoms with Gasteiger partial charge in [-0.2, -0.15) is 0 Å². The summed E-state index contributed by atoms with van der Waals surface area (Å²) in [5.41, 5.74) is -6.02. The van der Waals surface area contributed by atoms with E-state index in [4.69, 9.17) is 30.5 Å². The van der Waals surface area contributed by atoms with E-state index in [0.29, 0.717) is 0 Å². The molecule has 9 aromatic carbocycles. The number of hydrogen-bond donors (Lipinski definition) is 0. The van der Waals surface area contributed by atoms with Crippen LogP contribution in [0.1, 0.15) is 38.4 Å². The zero-order chi connectivity index (χ0) is 55.3. The van der Waals surface area contributed by atoms with Crippen molar-refractivity contribution in [2.75, 3.05) is 0 Å². The lowest BCUT2D eigenvalue weighted by atomic mass is 9.84. The van der Waals surface area contributed by atoms with Gasteiger partial charge >= 0.3 is 0 Å². The molecule has 0 N–H and O–H groups in total. The minimum atomic E-state index is -1.10. The van der Waals surface area contributed by atoms with Gasteiger partial charge < -0.3 is 4.42 Å². The molecule has 47 heavy (non-hydrogen) atoms. The molecular formula is C46H28O. The predicted molar refractivity (Wildman–Crippen MR) is 200 cm³/mol. The van der Waals surface area contributed by atoms with Crippen molar-refractivity contribution in [1.29, 1.82) is 0 Å². The topological polar surface area (TPSA) is 13.1 Å². The van der Waals surface area contributed by atoms with E-state index in [1.54, 1.807) is 0 Å². The Morgan fingerprint density at radius 1 is 0.340 bits per heavy atom. The van der Waals surface area contributed by atoms with Crippen molar-refractivity contribution in [3.05, 3.63) is 169 Å². The first kappa shape index (κ1) is 10.7. The van der Waals surface area contributed by atoms with Crippen molar-refractivity contribution in [3.63, 3.8) is 0 Å². The molecule has 0 aliphatic rings. The number of rotatable bonds is 3. The molecule has 1 heteroatoms. The van der Waals surface area contributed by atoms with Gasteiger partial charge in [0.15, 0.2) is 0 Å². The van der Waals surface area contributed by atoms with Crippen molar-refractivity contribution in [2.24, 2.45) is 0 Å². The molecule has 10 rings (SSSR count). The highest BCUT2D eigenvalue weighted by atomic mass is 16.3. The summed E-state index contributed by atoms with van der Waals surface area (Å²) < 4.78 is 259. The van der Waals surface area contributed by atoms with E-state index in [-0.39, 0.29) is 0 Å². The molecule has 0 unspecified atom stereocenters. The Hall–Kier alpha value is -6.18. The Bertz CT molecular complexity index is 4350. The Kier molecular flexibility index (Phi) is 2.31. The molecule has 0 saturated carbocycles. The second-order valence-corrected chi connectivity index (χ2v) is 10.3. The summed E-state index contributed by atoms with van der Waals surface area (Å²) in [6.07, 6.45) is 0. The summed E-state index contributed by atoms with van der Waals surface area (Å²) >= 11 is 0. The average molecular weight is 625 g/mol. The van der Waals surface area contributed by atoms with Crippen LogP contribution in [0, 0.1) is 0 Å².